The molecule has 0 radical (unpaired) electrons. The topological polar surface area (TPSA) is 38.7 Å². The molecule has 1 fully saturated rings. The second-order valence-corrected chi connectivity index (χ2v) is 13.5. The molecule has 0 aromatic heterocycles. The molecule has 1 N–H and O–H groups in total. The Bertz CT molecular complexity index is 334. The molecule has 0 aliphatic carbocycles. The molecule has 23 heavy (non-hydrogen) atoms. The van der Waals surface area contributed by atoms with Crippen molar-refractivity contribution in [1.29, 1.82) is 0 Å². The lowest BCUT2D eigenvalue weighted by Crippen LogP contribution is -2.44. The fourth-order valence-corrected chi connectivity index (χ4v) is 4.60. The molecule has 4 atom stereocenters. The maximum Gasteiger partial charge on any atom is 0.192 e. The summed E-state index contributed by atoms with van der Waals surface area (Å²) in [5.41, 5.74) is 0. The summed E-state index contributed by atoms with van der Waals surface area (Å²) < 4.78 is 12.9. The minimum Gasteiger partial charge on any atom is -0.414 e. The summed E-state index contributed by atoms with van der Waals surface area (Å²) in [6, 6.07) is 0. The van der Waals surface area contributed by atoms with Crippen molar-refractivity contribution < 1.29 is 14.3 Å². The summed E-state index contributed by atoms with van der Waals surface area (Å²) in [5.74, 6) is 0.297. The van der Waals surface area contributed by atoms with Crippen LogP contribution in [0.15, 0.2) is 0 Å². The van der Waals surface area contributed by atoms with Crippen LogP contribution in [0.4, 0.5) is 0 Å². The lowest BCUT2D eigenvalue weighted by atomic mass is 9.97. The van der Waals surface area contributed by atoms with Gasteiger partial charge in [0, 0.05) is 18.6 Å². The van der Waals surface area contributed by atoms with E-state index in [0.29, 0.717) is 18.1 Å². The Hall–Kier alpha value is 0.0969. The van der Waals surface area contributed by atoms with Gasteiger partial charge in [0.2, 0.25) is 0 Å². The molecule has 0 aromatic carbocycles. The maximum atomic E-state index is 9.48. The van der Waals surface area contributed by atoms with Crippen LogP contribution < -0.4 is 0 Å². The molecule has 1 aliphatic rings. The van der Waals surface area contributed by atoms with E-state index in [1.165, 1.54) is 0 Å². The minimum atomic E-state index is -1.73. The first kappa shape index (κ1) is 21.1. The van der Waals surface area contributed by atoms with Crippen molar-refractivity contribution in [3.8, 4) is 0 Å². The van der Waals surface area contributed by atoms with Crippen molar-refractivity contribution in [3.05, 3.63) is 0 Å². The van der Waals surface area contributed by atoms with Gasteiger partial charge in [-0.15, -0.1) is 0 Å². The zero-order valence-electron chi connectivity index (χ0n) is 16.5. The molecule has 1 aliphatic heterocycles. The Morgan fingerprint density at radius 2 is 1.87 bits per heavy atom. The average molecular weight is 345 g/mol. The number of aliphatic hydroxyl groups excluding tert-OH is 1. The molecule has 1 heterocycles. The summed E-state index contributed by atoms with van der Waals surface area (Å²) in [4.78, 5) is 0. The van der Waals surface area contributed by atoms with Gasteiger partial charge in [-0.2, -0.15) is 0 Å². The van der Waals surface area contributed by atoms with Crippen LogP contribution in [0.5, 0.6) is 0 Å². The van der Waals surface area contributed by atoms with Crippen LogP contribution in [0, 0.1) is 5.92 Å². The largest absolute Gasteiger partial charge is 0.414 e. The van der Waals surface area contributed by atoms with Crippen molar-refractivity contribution in [2.24, 2.45) is 5.92 Å². The quantitative estimate of drug-likeness (QED) is 0.589. The highest BCUT2D eigenvalue weighted by Gasteiger charge is 2.40. The van der Waals surface area contributed by atoms with E-state index in [0.717, 1.165) is 38.5 Å². The molecular weight excluding hydrogens is 304 g/mol. The molecule has 138 valence electrons. The predicted molar refractivity (Wildman–Crippen MR) is 100 cm³/mol. The number of ether oxygens (including phenoxy) is 1. The Labute approximate surface area is 145 Å². The fourth-order valence-electron chi connectivity index (χ4n) is 3.20. The van der Waals surface area contributed by atoms with Gasteiger partial charge in [0.05, 0.1) is 12.2 Å². The first-order chi connectivity index (χ1) is 10.6. The van der Waals surface area contributed by atoms with Crippen molar-refractivity contribution in [2.75, 3.05) is 6.61 Å². The first-order valence-electron chi connectivity index (χ1n) is 9.58. The van der Waals surface area contributed by atoms with Gasteiger partial charge in [-0.3, -0.25) is 0 Å². The fraction of sp³-hybridized carbons (Fsp3) is 1.00. The van der Waals surface area contributed by atoms with Gasteiger partial charge >= 0.3 is 0 Å². The molecule has 0 bridgehead atoms. The molecule has 0 amide bonds. The third kappa shape index (κ3) is 6.15. The molecule has 4 heteroatoms. The van der Waals surface area contributed by atoms with Crippen molar-refractivity contribution in [1.82, 2.24) is 0 Å². The van der Waals surface area contributed by atoms with Crippen molar-refractivity contribution in [3.63, 3.8) is 0 Å². The van der Waals surface area contributed by atoms with Crippen LogP contribution in [-0.2, 0) is 9.16 Å². The molecule has 3 nitrogen and oxygen atoms in total. The summed E-state index contributed by atoms with van der Waals surface area (Å²) in [6.07, 6.45) is 7.35. The highest BCUT2D eigenvalue weighted by atomic mass is 28.4. The van der Waals surface area contributed by atoms with E-state index in [1.807, 2.05) is 0 Å². The van der Waals surface area contributed by atoms with Gasteiger partial charge in [-0.1, -0.05) is 41.0 Å². The van der Waals surface area contributed by atoms with Gasteiger partial charge in [0.25, 0.3) is 0 Å². The molecule has 0 aromatic rings. The standard InChI is InChI=1S/C19H40O3Si/c1-8-10-17(22-23(6,7)19(3,4)5)13-16-11-12-18(21-16)15(9-2)14-20/h15-18,20H,8-14H2,1-7H3/t15-,16-,17-,18+/m0/s1. The molecule has 0 unspecified atom stereocenters. The zero-order valence-corrected chi connectivity index (χ0v) is 17.5. The summed E-state index contributed by atoms with van der Waals surface area (Å²) in [6.45, 7) is 16.2. The molecule has 1 saturated heterocycles. The Morgan fingerprint density at radius 3 is 2.35 bits per heavy atom. The third-order valence-corrected chi connectivity index (χ3v) is 10.4. The summed E-state index contributed by atoms with van der Waals surface area (Å²) in [5, 5.41) is 9.73. The third-order valence-electron chi connectivity index (χ3n) is 5.83. The highest BCUT2D eigenvalue weighted by Crippen LogP contribution is 2.39. The maximum absolute atomic E-state index is 9.48. The molecular formula is C19H40O3Si. The normalized spacial score (nSPS) is 25.6. The molecule has 1 rings (SSSR count). The number of aliphatic hydroxyl groups is 1. The number of rotatable bonds is 9. The van der Waals surface area contributed by atoms with Crippen LogP contribution in [-0.4, -0.2) is 38.3 Å². The minimum absolute atomic E-state index is 0.241. The van der Waals surface area contributed by atoms with E-state index in [-0.39, 0.29) is 17.7 Å². The van der Waals surface area contributed by atoms with E-state index >= 15 is 0 Å². The Morgan fingerprint density at radius 1 is 1.22 bits per heavy atom. The predicted octanol–water partition coefficient (Wildman–Crippen LogP) is 5.13. The molecule has 0 spiro atoms. The van der Waals surface area contributed by atoms with E-state index in [4.69, 9.17) is 9.16 Å². The zero-order chi connectivity index (χ0) is 17.7. The van der Waals surface area contributed by atoms with Gasteiger partial charge in [-0.05, 0) is 50.2 Å². The first-order valence-corrected chi connectivity index (χ1v) is 12.5. The monoisotopic (exact) mass is 344 g/mol. The summed E-state index contributed by atoms with van der Waals surface area (Å²) in [7, 11) is -1.73. The van der Waals surface area contributed by atoms with Gasteiger partial charge < -0.3 is 14.3 Å². The second-order valence-electron chi connectivity index (χ2n) is 8.75. The van der Waals surface area contributed by atoms with E-state index in [1.54, 1.807) is 0 Å². The van der Waals surface area contributed by atoms with E-state index < -0.39 is 8.32 Å². The Balaban J connectivity index is 2.60. The highest BCUT2D eigenvalue weighted by molar-refractivity contribution is 6.74. The lowest BCUT2D eigenvalue weighted by Gasteiger charge is -2.40. The lowest BCUT2D eigenvalue weighted by molar-refractivity contribution is -0.0242. The Kier molecular flexibility index (Phi) is 8.25. The van der Waals surface area contributed by atoms with Crippen LogP contribution in [0.25, 0.3) is 0 Å². The van der Waals surface area contributed by atoms with Crippen LogP contribution >= 0.6 is 0 Å². The van der Waals surface area contributed by atoms with Crippen molar-refractivity contribution in [2.45, 2.75) is 110 Å². The van der Waals surface area contributed by atoms with Gasteiger partial charge in [0.1, 0.15) is 0 Å². The van der Waals surface area contributed by atoms with Crippen LogP contribution in [0.1, 0.15) is 73.1 Å². The van der Waals surface area contributed by atoms with Gasteiger partial charge in [-0.25, -0.2) is 0 Å². The van der Waals surface area contributed by atoms with E-state index in [9.17, 15) is 5.11 Å². The average Bonchev–Trinajstić information content (AvgIpc) is 2.87. The second kappa shape index (κ2) is 8.98. The molecule has 0 saturated carbocycles. The van der Waals surface area contributed by atoms with Crippen molar-refractivity contribution >= 4 is 8.32 Å². The van der Waals surface area contributed by atoms with E-state index in [2.05, 4.69) is 47.7 Å². The van der Waals surface area contributed by atoms with Crippen LogP contribution in [0.3, 0.4) is 0 Å². The SMILES string of the molecule is CCC[C@@H](C[C@@H]1CC[C@H]([C@@H](CC)CO)O1)O[Si](C)(C)C(C)(C)C. The number of hydrogen-bond donors (Lipinski definition) is 1. The smallest absolute Gasteiger partial charge is 0.192 e. The van der Waals surface area contributed by atoms with Crippen LogP contribution in [0.2, 0.25) is 18.1 Å². The summed E-state index contributed by atoms with van der Waals surface area (Å²) >= 11 is 0. The van der Waals surface area contributed by atoms with Gasteiger partial charge in [0.15, 0.2) is 8.32 Å². The number of hydrogen-bond acceptors (Lipinski definition) is 3.